The standard InChI is InChI=1S/C21H21FN4O.C15H16FN7/c1-21(2,16-7-4-8-17(22)12-16)13-24-19-10-9-18(25-26-19)14-5-3-6-15(11-14)20(23)27;1-15(2,10-3-5-11(16)6-4-10)9-17-13-8-7-12(18-19-13)14-20-22-23-21-14/h3-12H,13H2,1-2H3,(H2,23,27)(H,24,26);3-8H,9H2,1-2H3,(H,17,19)(H,20,21,22,23). The highest BCUT2D eigenvalue weighted by Crippen LogP contribution is 2.26. The van der Waals surface area contributed by atoms with Gasteiger partial charge in [0.05, 0.1) is 5.69 Å². The molecular formula is C36H37F2N11O. The molecule has 3 aromatic carbocycles. The largest absolute Gasteiger partial charge is 0.368 e. The van der Waals surface area contributed by atoms with E-state index in [0.29, 0.717) is 47.5 Å². The van der Waals surface area contributed by atoms with E-state index < -0.39 is 5.91 Å². The number of hydrogen-bond acceptors (Lipinski definition) is 10. The summed E-state index contributed by atoms with van der Waals surface area (Å²) in [6.45, 7) is 9.43. The Morgan fingerprint density at radius 1 is 0.680 bits per heavy atom. The lowest BCUT2D eigenvalue weighted by atomic mass is 9.84. The molecular weight excluding hydrogens is 640 g/mol. The van der Waals surface area contributed by atoms with Crippen molar-refractivity contribution in [2.75, 3.05) is 23.7 Å². The minimum Gasteiger partial charge on any atom is -0.368 e. The summed E-state index contributed by atoms with van der Waals surface area (Å²) >= 11 is 0. The van der Waals surface area contributed by atoms with Gasteiger partial charge in [0.2, 0.25) is 11.7 Å². The van der Waals surface area contributed by atoms with Crippen LogP contribution in [0.1, 0.15) is 49.2 Å². The van der Waals surface area contributed by atoms with Gasteiger partial charge in [0.25, 0.3) is 0 Å². The first-order chi connectivity index (χ1) is 23.9. The zero-order valence-corrected chi connectivity index (χ0v) is 28.0. The molecule has 0 saturated carbocycles. The van der Waals surface area contributed by atoms with Crippen LogP contribution in [0.2, 0.25) is 0 Å². The number of anilines is 2. The van der Waals surface area contributed by atoms with E-state index in [2.05, 4.69) is 65.5 Å². The van der Waals surface area contributed by atoms with E-state index in [0.717, 1.165) is 16.7 Å². The van der Waals surface area contributed by atoms with Gasteiger partial charge in [0.1, 0.15) is 29.0 Å². The third kappa shape index (κ3) is 9.24. The summed E-state index contributed by atoms with van der Waals surface area (Å²) in [4.78, 5) is 11.3. The van der Waals surface area contributed by atoms with Gasteiger partial charge in [-0.15, -0.1) is 30.6 Å². The van der Waals surface area contributed by atoms with Crippen molar-refractivity contribution in [2.24, 2.45) is 5.73 Å². The molecule has 6 rings (SSSR count). The fourth-order valence-electron chi connectivity index (χ4n) is 4.87. The molecule has 6 aromatic rings. The van der Waals surface area contributed by atoms with Crippen molar-refractivity contribution in [2.45, 2.75) is 38.5 Å². The molecule has 0 aliphatic heterocycles. The summed E-state index contributed by atoms with van der Waals surface area (Å²) < 4.78 is 26.5. The number of nitrogens with one attached hydrogen (secondary N) is 3. The number of tetrazole rings is 1. The third-order valence-corrected chi connectivity index (χ3v) is 8.00. The van der Waals surface area contributed by atoms with Gasteiger partial charge in [-0.05, 0) is 77.0 Å². The molecule has 256 valence electrons. The van der Waals surface area contributed by atoms with Gasteiger partial charge >= 0.3 is 0 Å². The molecule has 0 saturated heterocycles. The molecule has 0 atom stereocenters. The summed E-state index contributed by atoms with van der Waals surface area (Å²) in [5.74, 6) is 0.698. The maximum atomic E-state index is 13.5. The van der Waals surface area contributed by atoms with E-state index in [-0.39, 0.29) is 22.5 Å². The van der Waals surface area contributed by atoms with Crippen LogP contribution >= 0.6 is 0 Å². The van der Waals surface area contributed by atoms with E-state index in [1.54, 1.807) is 54.6 Å². The normalized spacial score (nSPS) is 11.3. The Balaban J connectivity index is 0.000000197. The molecule has 0 spiro atoms. The summed E-state index contributed by atoms with van der Waals surface area (Å²) in [6.07, 6.45) is 0. The van der Waals surface area contributed by atoms with E-state index in [1.807, 2.05) is 38.1 Å². The monoisotopic (exact) mass is 677 g/mol. The zero-order chi connectivity index (χ0) is 35.7. The highest BCUT2D eigenvalue weighted by molar-refractivity contribution is 5.94. The van der Waals surface area contributed by atoms with Crippen LogP contribution in [0.3, 0.4) is 0 Å². The smallest absolute Gasteiger partial charge is 0.248 e. The molecule has 5 N–H and O–H groups in total. The fraction of sp³-hybridized carbons (Fsp3) is 0.222. The van der Waals surface area contributed by atoms with Gasteiger partial charge in [-0.2, -0.15) is 5.21 Å². The van der Waals surface area contributed by atoms with Crippen molar-refractivity contribution in [3.63, 3.8) is 0 Å². The first-order valence-electron chi connectivity index (χ1n) is 15.7. The predicted octanol–water partition coefficient (Wildman–Crippen LogP) is 5.96. The Morgan fingerprint density at radius 3 is 1.86 bits per heavy atom. The number of H-pyrrole nitrogens is 1. The number of halogens is 2. The first-order valence-corrected chi connectivity index (χ1v) is 15.7. The number of carbonyl (C=O) groups is 1. The van der Waals surface area contributed by atoms with Crippen LogP contribution in [0.5, 0.6) is 0 Å². The Bertz CT molecular complexity index is 2000. The molecule has 0 bridgehead atoms. The molecule has 12 nitrogen and oxygen atoms in total. The second-order valence-corrected chi connectivity index (χ2v) is 12.8. The highest BCUT2D eigenvalue weighted by Gasteiger charge is 2.22. The predicted molar refractivity (Wildman–Crippen MR) is 187 cm³/mol. The van der Waals surface area contributed by atoms with Crippen LogP contribution in [0.15, 0.2) is 97.1 Å². The zero-order valence-electron chi connectivity index (χ0n) is 28.0. The molecule has 1 amide bonds. The number of benzene rings is 3. The van der Waals surface area contributed by atoms with Crippen molar-refractivity contribution in [3.05, 3.63) is 125 Å². The maximum absolute atomic E-state index is 13.5. The Kier molecular flexibility index (Phi) is 10.8. The number of aromatic amines is 1. The van der Waals surface area contributed by atoms with Crippen LogP contribution in [0.4, 0.5) is 20.4 Å². The minimum atomic E-state index is -0.484. The Hall–Kier alpha value is -6.18. The van der Waals surface area contributed by atoms with E-state index in [9.17, 15) is 13.6 Å². The lowest BCUT2D eigenvalue weighted by molar-refractivity contribution is 0.100. The van der Waals surface area contributed by atoms with Crippen LogP contribution in [-0.4, -0.2) is 60.0 Å². The SMILES string of the molecule is CC(C)(CNc1ccc(-c2cccc(C(N)=O)c2)nn1)c1cccc(F)c1.CC(C)(CNc1ccc(-c2nn[nH]n2)nn1)c1ccc(F)cc1. The van der Waals surface area contributed by atoms with E-state index >= 15 is 0 Å². The van der Waals surface area contributed by atoms with E-state index in [4.69, 9.17) is 5.73 Å². The van der Waals surface area contributed by atoms with Gasteiger partial charge in [-0.1, -0.05) is 64.1 Å². The van der Waals surface area contributed by atoms with Gasteiger partial charge in [-0.3, -0.25) is 4.79 Å². The average Bonchev–Trinajstić information content (AvgIpc) is 3.66. The number of rotatable bonds is 11. The fourth-order valence-corrected chi connectivity index (χ4v) is 4.87. The van der Waals surface area contributed by atoms with Crippen LogP contribution in [-0.2, 0) is 10.8 Å². The number of primary amides is 1. The number of amides is 1. The van der Waals surface area contributed by atoms with Crippen LogP contribution in [0.25, 0.3) is 22.8 Å². The van der Waals surface area contributed by atoms with Gasteiger partial charge < -0.3 is 16.4 Å². The average molecular weight is 678 g/mol. The molecule has 0 aliphatic rings. The van der Waals surface area contributed by atoms with Gasteiger partial charge in [0, 0.05) is 35.0 Å². The van der Waals surface area contributed by atoms with Crippen molar-refractivity contribution in [3.8, 4) is 22.8 Å². The topological polar surface area (TPSA) is 173 Å². The Morgan fingerprint density at radius 2 is 1.30 bits per heavy atom. The minimum absolute atomic E-state index is 0.179. The quantitative estimate of drug-likeness (QED) is 0.128. The second kappa shape index (κ2) is 15.4. The summed E-state index contributed by atoms with van der Waals surface area (Å²) in [6, 6.07) is 27.3. The van der Waals surface area contributed by atoms with Crippen molar-refractivity contribution < 1.29 is 13.6 Å². The molecule has 14 heteroatoms. The van der Waals surface area contributed by atoms with Crippen LogP contribution < -0.4 is 16.4 Å². The third-order valence-electron chi connectivity index (χ3n) is 8.00. The van der Waals surface area contributed by atoms with Crippen molar-refractivity contribution in [1.82, 2.24) is 41.0 Å². The highest BCUT2D eigenvalue weighted by atomic mass is 19.1. The lowest BCUT2D eigenvalue weighted by Crippen LogP contribution is -2.28. The number of carbonyl (C=O) groups excluding carboxylic acids is 1. The molecule has 0 radical (unpaired) electrons. The number of hydrogen-bond donors (Lipinski definition) is 4. The van der Waals surface area contributed by atoms with Gasteiger partial charge in [-0.25, -0.2) is 8.78 Å². The Labute approximate surface area is 288 Å². The molecule has 3 aromatic heterocycles. The second-order valence-electron chi connectivity index (χ2n) is 12.8. The number of nitrogens with zero attached hydrogens (tertiary/aromatic N) is 7. The maximum Gasteiger partial charge on any atom is 0.248 e. The number of aromatic nitrogens is 8. The van der Waals surface area contributed by atoms with E-state index in [1.165, 1.54) is 18.2 Å². The molecule has 0 aliphatic carbocycles. The molecule has 3 heterocycles. The van der Waals surface area contributed by atoms with Crippen LogP contribution in [0, 0.1) is 11.6 Å². The summed E-state index contributed by atoms with van der Waals surface area (Å²) in [7, 11) is 0. The van der Waals surface area contributed by atoms with Crippen molar-refractivity contribution in [1.29, 1.82) is 0 Å². The van der Waals surface area contributed by atoms with Crippen molar-refractivity contribution >= 4 is 17.5 Å². The number of nitrogens with two attached hydrogens (primary N) is 1. The summed E-state index contributed by atoms with van der Waals surface area (Å²) in [5, 5.41) is 36.6. The molecule has 0 fully saturated rings. The van der Waals surface area contributed by atoms with Gasteiger partial charge in [0.15, 0.2) is 0 Å². The molecule has 0 unspecified atom stereocenters. The molecule has 50 heavy (non-hydrogen) atoms. The lowest BCUT2D eigenvalue weighted by Gasteiger charge is -2.26. The summed E-state index contributed by atoms with van der Waals surface area (Å²) in [5.41, 5.74) is 9.19. The first kappa shape index (κ1) is 35.1.